The number of hydrogen-bond donors (Lipinski definition) is 2. The molecule has 8 heteroatoms. The second-order valence-electron chi connectivity index (χ2n) is 7.10. The molecule has 2 N–H and O–H groups in total. The highest BCUT2D eigenvalue weighted by Gasteiger charge is 2.63. The molecule has 1 unspecified atom stereocenters. The Balaban J connectivity index is 1.57. The monoisotopic (exact) mass is 440 g/mol. The molecule has 3 amide bonds. The van der Waals surface area contributed by atoms with Gasteiger partial charge in [-0.2, -0.15) is 0 Å². The van der Waals surface area contributed by atoms with E-state index in [2.05, 4.69) is 10.6 Å². The first-order valence-corrected chi connectivity index (χ1v) is 9.73. The summed E-state index contributed by atoms with van der Waals surface area (Å²) >= 11 is 18.2. The fraction of sp³-hybridized carbons (Fsp3) is 0.300. The molecule has 28 heavy (non-hydrogen) atoms. The van der Waals surface area contributed by atoms with Gasteiger partial charge in [0.1, 0.15) is 10.1 Å². The lowest BCUT2D eigenvalue weighted by Crippen LogP contribution is -2.34. The van der Waals surface area contributed by atoms with Crippen molar-refractivity contribution in [2.24, 2.45) is 5.41 Å². The van der Waals surface area contributed by atoms with E-state index in [1.54, 1.807) is 36.4 Å². The third-order valence-corrected chi connectivity index (χ3v) is 6.20. The van der Waals surface area contributed by atoms with Gasteiger partial charge in [-0.1, -0.05) is 30.7 Å². The third-order valence-electron chi connectivity index (χ3n) is 4.69. The fourth-order valence-electron chi connectivity index (χ4n) is 2.71. The third kappa shape index (κ3) is 4.54. The topological polar surface area (TPSA) is 67.4 Å². The Morgan fingerprint density at radius 3 is 2.46 bits per heavy atom. The molecule has 0 spiro atoms. The number of amides is 3. The lowest BCUT2D eigenvalue weighted by molar-refractivity contribution is 0.0967. The normalized spacial score (nSPS) is 19.6. The molecule has 2 aromatic carbocycles. The Hall–Kier alpha value is -1.95. The van der Waals surface area contributed by atoms with Crippen molar-refractivity contribution in [2.75, 3.05) is 11.9 Å². The molecule has 0 radical (unpaired) electrons. The number of imide groups is 1. The van der Waals surface area contributed by atoms with Crippen LogP contribution in [0.5, 0.6) is 5.75 Å². The van der Waals surface area contributed by atoms with Gasteiger partial charge in [0, 0.05) is 11.1 Å². The van der Waals surface area contributed by atoms with E-state index in [9.17, 15) is 9.59 Å². The highest BCUT2D eigenvalue weighted by molar-refractivity contribution is 6.51. The van der Waals surface area contributed by atoms with E-state index < -0.39 is 16.3 Å². The first-order chi connectivity index (χ1) is 13.1. The smallest absolute Gasteiger partial charge is 0.326 e. The number of halogens is 3. The lowest BCUT2D eigenvalue weighted by Gasteiger charge is -2.16. The van der Waals surface area contributed by atoms with E-state index >= 15 is 0 Å². The largest absolute Gasteiger partial charge is 0.493 e. The average molecular weight is 442 g/mol. The summed E-state index contributed by atoms with van der Waals surface area (Å²) in [4.78, 5) is 24.2. The van der Waals surface area contributed by atoms with Gasteiger partial charge in [0.05, 0.1) is 17.2 Å². The highest BCUT2D eigenvalue weighted by Crippen LogP contribution is 2.63. The van der Waals surface area contributed by atoms with Gasteiger partial charge in [-0.3, -0.25) is 10.1 Å². The summed E-state index contributed by atoms with van der Waals surface area (Å²) in [6, 6.07) is 11.0. The maximum atomic E-state index is 12.1. The quantitative estimate of drug-likeness (QED) is 0.596. The molecule has 0 aromatic heterocycles. The summed E-state index contributed by atoms with van der Waals surface area (Å²) < 4.78 is 5.09. The second kappa shape index (κ2) is 7.82. The molecule has 1 saturated carbocycles. The van der Waals surface area contributed by atoms with Crippen LogP contribution in [0, 0.1) is 12.3 Å². The Morgan fingerprint density at radius 2 is 1.86 bits per heavy atom. The molecule has 148 valence electrons. The van der Waals surface area contributed by atoms with Crippen molar-refractivity contribution in [2.45, 2.75) is 24.6 Å². The maximum Gasteiger partial charge on any atom is 0.326 e. The van der Waals surface area contributed by atoms with Crippen LogP contribution in [-0.2, 0) is 0 Å². The van der Waals surface area contributed by atoms with Crippen LogP contribution in [0.15, 0.2) is 42.5 Å². The number of hydrogen-bond acceptors (Lipinski definition) is 3. The minimum Gasteiger partial charge on any atom is -0.493 e. The predicted octanol–water partition coefficient (Wildman–Crippen LogP) is 5.57. The van der Waals surface area contributed by atoms with Crippen LogP contribution in [0.3, 0.4) is 0 Å². The summed E-state index contributed by atoms with van der Waals surface area (Å²) in [6.07, 6.45) is 0.682. The van der Waals surface area contributed by atoms with Crippen molar-refractivity contribution in [1.29, 1.82) is 0 Å². The van der Waals surface area contributed by atoms with Crippen molar-refractivity contribution in [3.63, 3.8) is 0 Å². The van der Waals surface area contributed by atoms with Gasteiger partial charge >= 0.3 is 6.03 Å². The molecule has 3 rings (SSSR count). The molecule has 2 aromatic rings. The second-order valence-corrected chi connectivity index (χ2v) is 8.99. The molecule has 1 aliphatic rings. The minimum absolute atomic E-state index is 0.225. The Bertz CT molecular complexity index is 933. The number of urea groups is 1. The Morgan fingerprint density at radius 1 is 1.18 bits per heavy atom. The van der Waals surface area contributed by atoms with E-state index in [1.807, 2.05) is 13.8 Å². The van der Waals surface area contributed by atoms with E-state index in [0.29, 0.717) is 24.5 Å². The molecule has 1 atom stereocenters. The average Bonchev–Trinajstić information content (AvgIpc) is 3.12. The number of rotatable bonds is 5. The zero-order valence-electron chi connectivity index (χ0n) is 15.3. The molecule has 0 heterocycles. The van der Waals surface area contributed by atoms with Crippen LogP contribution in [0.25, 0.3) is 0 Å². The van der Waals surface area contributed by atoms with Crippen LogP contribution in [0.4, 0.5) is 10.5 Å². The van der Waals surface area contributed by atoms with E-state index in [4.69, 9.17) is 39.5 Å². The SMILES string of the molecule is Cc1cc(NC(=O)NC(=O)c2ccccc2Cl)ccc1OCC1(C)CC1(Cl)Cl. The number of carbonyl (C=O) groups is 2. The van der Waals surface area contributed by atoms with Gasteiger partial charge in [-0.25, -0.2) is 4.79 Å². The molecule has 5 nitrogen and oxygen atoms in total. The number of aryl methyl sites for hydroxylation is 1. The van der Waals surface area contributed by atoms with Crippen molar-refractivity contribution in [1.82, 2.24) is 5.32 Å². The van der Waals surface area contributed by atoms with Crippen molar-refractivity contribution >= 4 is 52.4 Å². The zero-order chi connectivity index (χ0) is 20.5. The minimum atomic E-state index is -0.741. The van der Waals surface area contributed by atoms with Gasteiger partial charge in [0.2, 0.25) is 0 Å². The summed E-state index contributed by atoms with van der Waals surface area (Å²) in [5.74, 6) is 0.0958. The van der Waals surface area contributed by atoms with Crippen LogP contribution in [0.2, 0.25) is 5.02 Å². The number of ether oxygens (including phenoxy) is 1. The van der Waals surface area contributed by atoms with Gasteiger partial charge < -0.3 is 10.1 Å². The molecule has 1 aliphatic carbocycles. The van der Waals surface area contributed by atoms with E-state index in [-0.39, 0.29) is 16.0 Å². The summed E-state index contributed by atoms with van der Waals surface area (Å²) in [6.45, 7) is 4.23. The van der Waals surface area contributed by atoms with Crippen LogP contribution < -0.4 is 15.4 Å². The predicted molar refractivity (Wildman–Crippen MR) is 112 cm³/mol. The standard InChI is InChI=1S/C20H19Cl3N2O3/c1-12-9-13(7-8-16(12)28-11-19(2)10-20(19,22)23)24-18(27)25-17(26)14-5-3-4-6-15(14)21/h3-9H,10-11H2,1-2H3,(H2,24,25,26,27). The number of alkyl halides is 2. The number of anilines is 1. The van der Waals surface area contributed by atoms with Gasteiger partial charge in [-0.05, 0) is 49.2 Å². The van der Waals surface area contributed by atoms with Crippen LogP contribution in [-0.4, -0.2) is 22.9 Å². The number of nitrogens with one attached hydrogen (secondary N) is 2. The first kappa shape index (κ1) is 20.8. The summed E-state index contributed by atoms with van der Waals surface area (Å²) in [7, 11) is 0. The molecular formula is C20H19Cl3N2O3. The van der Waals surface area contributed by atoms with E-state index in [1.165, 1.54) is 6.07 Å². The zero-order valence-corrected chi connectivity index (χ0v) is 17.6. The molecular weight excluding hydrogens is 423 g/mol. The van der Waals surface area contributed by atoms with Gasteiger partial charge in [-0.15, -0.1) is 23.2 Å². The Kier molecular flexibility index (Phi) is 5.80. The van der Waals surface area contributed by atoms with Crippen molar-refractivity contribution in [3.05, 3.63) is 58.6 Å². The van der Waals surface area contributed by atoms with Crippen molar-refractivity contribution < 1.29 is 14.3 Å². The Labute approximate surface area is 178 Å². The molecule has 1 fully saturated rings. The molecule has 0 bridgehead atoms. The highest BCUT2D eigenvalue weighted by atomic mass is 35.5. The molecule has 0 saturated heterocycles. The first-order valence-electron chi connectivity index (χ1n) is 8.59. The summed E-state index contributed by atoms with van der Waals surface area (Å²) in [5, 5.41) is 5.13. The van der Waals surface area contributed by atoms with E-state index in [0.717, 1.165) is 5.56 Å². The molecule has 0 aliphatic heterocycles. The van der Waals surface area contributed by atoms with Gasteiger partial charge in [0.15, 0.2) is 0 Å². The van der Waals surface area contributed by atoms with Crippen LogP contribution >= 0.6 is 34.8 Å². The van der Waals surface area contributed by atoms with Gasteiger partial charge in [0.25, 0.3) is 5.91 Å². The maximum absolute atomic E-state index is 12.1. The number of carbonyl (C=O) groups excluding carboxylic acids is 2. The van der Waals surface area contributed by atoms with Crippen LogP contribution in [0.1, 0.15) is 29.3 Å². The fourth-order valence-corrected chi connectivity index (χ4v) is 3.63. The number of benzene rings is 2. The lowest BCUT2D eigenvalue weighted by atomic mass is 10.1. The van der Waals surface area contributed by atoms with Crippen molar-refractivity contribution in [3.8, 4) is 5.75 Å². The summed E-state index contributed by atoms with van der Waals surface area (Å²) in [5.41, 5.74) is 1.31.